The number of carbonyl (C=O) groups excluding carboxylic acids is 1. The van der Waals surface area contributed by atoms with Crippen LogP contribution in [0.5, 0.6) is 0 Å². The van der Waals surface area contributed by atoms with Crippen molar-refractivity contribution < 1.29 is 9.53 Å². The monoisotopic (exact) mass is 152 g/mol. The van der Waals surface area contributed by atoms with E-state index in [0.717, 1.165) is 12.5 Å². The van der Waals surface area contributed by atoms with Gasteiger partial charge in [-0.1, -0.05) is 24.8 Å². The third-order valence-electron chi connectivity index (χ3n) is 0.958. The number of rotatable bonds is 5. The van der Waals surface area contributed by atoms with Gasteiger partial charge in [-0.05, 0) is 6.42 Å². The first-order valence-corrected chi connectivity index (χ1v) is 3.36. The van der Waals surface area contributed by atoms with Crippen LogP contribution in [0.15, 0.2) is 37.5 Å². The van der Waals surface area contributed by atoms with E-state index in [0.29, 0.717) is 6.61 Å². The average Bonchev–Trinajstić information content (AvgIpc) is 2.04. The van der Waals surface area contributed by atoms with Gasteiger partial charge in [-0.2, -0.15) is 0 Å². The highest BCUT2D eigenvalue weighted by atomic mass is 16.5. The highest BCUT2D eigenvalue weighted by Gasteiger charge is 1.89. The van der Waals surface area contributed by atoms with E-state index >= 15 is 0 Å². The molecule has 0 saturated carbocycles. The predicted molar refractivity (Wildman–Crippen MR) is 45.1 cm³/mol. The first kappa shape index (κ1) is 9.69. The Hall–Kier alpha value is -1.31. The fourth-order valence-corrected chi connectivity index (χ4v) is 0.450. The molecule has 0 aliphatic carbocycles. The molecule has 0 radical (unpaired) electrons. The first-order chi connectivity index (χ1) is 5.31. The largest absolute Gasteiger partial charge is 0.458 e. The Labute approximate surface area is 66.9 Å². The van der Waals surface area contributed by atoms with Crippen LogP contribution in [0.4, 0.5) is 0 Å². The van der Waals surface area contributed by atoms with Crippen LogP contribution in [0.3, 0.4) is 0 Å². The molecule has 0 aromatic rings. The highest BCUT2D eigenvalue weighted by molar-refractivity contribution is 5.81. The lowest BCUT2D eigenvalue weighted by Crippen LogP contribution is -1.98. The van der Waals surface area contributed by atoms with E-state index in [-0.39, 0.29) is 0 Å². The number of ether oxygens (including phenoxy) is 1. The molecule has 11 heavy (non-hydrogen) atoms. The Morgan fingerprint density at radius 1 is 1.36 bits per heavy atom. The number of carbonyl (C=O) groups is 1. The quantitative estimate of drug-likeness (QED) is 0.341. The minimum atomic E-state index is -0.395. The van der Waals surface area contributed by atoms with Gasteiger partial charge in [-0.25, -0.2) is 4.79 Å². The van der Waals surface area contributed by atoms with E-state index in [1.165, 1.54) is 0 Å². The maximum absolute atomic E-state index is 10.5. The van der Waals surface area contributed by atoms with Gasteiger partial charge in [0, 0.05) is 6.08 Å². The summed E-state index contributed by atoms with van der Waals surface area (Å²) in [6.45, 7) is 7.10. The second kappa shape index (κ2) is 6.81. The molecule has 0 spiro atoms. The summed E-state index contributed by atoms with van der Waals surface area (Å²) in [5.74, 6) is -0.395. The Morgan fingerprint density at radius 3 is 2.64 bits per heavy atom. The van der Waals surface area contributed by atoms with Gasteiger partial charge in [0.15, 0.2) is 0 Å². The molecule has 0 heterocycles. The van der Waals surface area contributed by atoms with Crippen LogP contribution >= 0.6 is 0 Å². The molecule has 0 aliphatic rings. The van der Waals surface area contributed by atoms with Crippen LogP contribution in [0.25, 0.3) is 0 Å². The van der Waals surface area contributed by atoms with Crippen LogP contribution in [-0.4, -0.2) is 12.6 Å². The van der Waals surface area contributed by atoms with Crippen LogP contribution in [0.1, 0.15) is 6.42 Å². The molecule has 0 amide bonds. The molecule has 2 heteroatoms. The summed E-state index contributed by atoms with van der Waals surface area (Å²) in [5, 5.41) is 0. The van der Waals surface area contributed by atoms with Crippen molar-refractivity contribution in [3.63, 3.8) is 0 Å². The lowest BCUT2D eigenvalue weighted by atomic mass is 10.4. The number of hydrogen-bond donors (Lipinski definition) is 0. The van der Waals surface area contributed by atoms with E-state index in [2.05, 4.69) is 17.9 Å². The summed E-state index contributed by atoms with van der Waals surface area (Å²) in [6, 6.07) is 0. The summed E-state index contributed by atoms with van der Waals surface area (Å²) < 4.78 is 4.66. The molecule has 0 atom stereocenters. The van der Waals surface area contributed by atoms with Crippen LogP contribution in [-0.2, 0) is 9.53 Å². The van der Waals surface area contributed by atoms with Crippen molar-refractivity contribution in [1.82, 2.24) is 0 Å². The third-order valence-corrected chi connectivity index (χ3v) is 0.958. The number of hydrogen-bond acceptors (Lipinski definition) is 2. The molecular weight excluding hydrogens is 140 g/mol. The predicted octanol–water partition coefficient (Wildman–Crippen LogP) is 1.85. The van der Waals surface area contributed by atoms with E-state index in [1.54, 1.807) is 12.2 Å². The zero-order valence-electron chi connectivity index (χ0n) is 6.45. The molecule has 0 aliphatic heterocycles. The van der Waals surface area contributed by atoms with Gasteiger partial charge < -0.3 is 4.74 Å². The standard InChI is InChI=1S/C9H12O2/c1-3-5-6-7-8-11-9(10)4-2/h3-4,6-7H,1-2,5,8H2/b7-6+. The van der Waals surface area contributed by atoms with E-state index in [9.17, 15) is 4.79 Å². The van der Waals surface area contributed by atoms with Crippen LogP contribution < -0.4 is 0 Å². The maximum atomic E-state index is 10.5. The lowest BCUT2D eigenvalue weighted by molar-refractivity contribution is -0.136. The Balaban J connectivity index is 3.32. The van der Waals surface area contributed by atoms with Gasteiger partial charge in [-0.3, -0.25) is 0 Å². The molecule has 0 fully saturated rings. The van der Waals surface area contributed by atoms with Gasteiger partial charge in [0.25, 0.3) is 0 Å². The molecule has 0 aromatic carbocycles. The average molecular weight is 152 g/mol. The summed E-state index contributed by atoms with van der Waals surface area (Å²) in [6.07, 6.45) is 7.35. The number of esters is 1. The molecule has 0 aromatic heterocycles. The van der Waals surface area contributed by atoms with Crippen molar-refractivity contribution in [3.05, 3.63) is 37.5 Å². The summed E-state index contributed by atoms with van der Waals surface area (Å²) in [7, 11) is 0. The van der Waals surface area contributed by atoms with E-state index in [4.69, 9.17) is 0 Å². The smallest absolute Gasteiger partial charge is 0.330 e. The van der Waals surface area contributed by atoms with Gasteiger partial charge in [0.1, 0.15) is 6.61 Å². The van der Waals surface area contributed by atoms with Crippen LogP contribution in [0, 0.1) is 0 Å². The lowest BCUT2D eigenvalue weighted by Gasteiger charge is -1.93. The summed E-state index contributed by atoms with van der Waals surface area (Å²) in [4.78, 5) is 10.5. The molecule has 60 valence electrons. The van der Waals surface area contributed by atoms with Crippen LogP contribution in [0.2, 0.25) is 0 Å². The Morgan fingerprint density at radius 2 is 2.09 bits per heavy atom. The van der Waals surface area contributed by atoms with Gasteiger partial charge >= 0.3 is 5.97 Å². The van der Waals surface area contributed by atoms with Gasteiger partial charge in [-0.15, -0.1) is 6.58 Å². The SMILES string of the molecule is C=CC/C=C/COC(=O)C=C. The van der Waals surface area contributed by atoms with Crippen molar-refractivity contribution in [2.45, 2.75) is 6.42 Å². The zero-order valence-corrected chi connectivity index (χ0v) is 6.45. The van der Waals surface area contributed by atoms with E-state index < -0.39 is 5.97 Å². The summed E-state index contributed by atoms with van der Waals surface area (Å²) >= 11 is 0. The molecule has 2 nitrogen and oxygen atoms in total. The minimum absolute atomic E-state index is 0.304. The Kier molecular flexibility index (Phi) is 5.99. The van der Waals surface area contributed by atoms with Crippen molar-refractivity contribution in [1.29, 1.82) is 0 Å². The molecular formula is C9H12O2. The molecule has 0 N–H and O–H groups in total. The minimum Gasteiger partial charge on any atom is -0.458 e. The zero-order chi connectivity index (χ0) is 8.53. The van der Waals surface area contributed by atoms with Crippen molar-refractivity contribution in [2.24, 2.45) is 0 Å². The first-order valence-electron chi connectivity index (χ1n) is 3.36. The fraction of sp³-hybridized carbons (Fsp3) is 0.222. The molecule has 0 unspecified atom stereocenters. The maximum Gasteiger partial charge on any atom is 0.330 e. The van der Waals surface area contributed by atoms with Gasteiger partial charge in [0.05, 0.1) is 0 Å². The van der Waals surface area contributed by atoms with Gasteiger partial charge in [0.2, 0.25) is 0 Å². The molecule has 0 rings (SSSR count). The topological polar surface area (TPSA) is 26.3 Å². The number of allylic oxidation sites excluding steroid dienone is 2. The third kappa shape index (κ3) is 6.58. The molecule has 0 saturated heterocycles. The second-order valence-electron chi connectivity index (χ2n) is 1.83. The van der Waals surface area contributed by atoms with Crippen molar-refractivity contribution in [2.75, 3.05) is 6.61 Å². The second-order valence-corrected chi connectivity index (χ2v) is 1.83. The molecule has 0 bridgehead atoms. The highest BCUT2D eigenvalue weighted by Crippen LogP contribution is 1.85. The van der Waals surface area contributed by atoms with Crippen molar-refractivity contribution in [3.8, 4) is 0 Å². The van der Waals surface area contributed by atoms with Crippen molar-refractivity contribution >= 4 is 5.97 Å². The fourth-order valence-electron chi connectivity index (χ4n) is 0.450. The Bertz CT molecular complexity index is 168. The summed E-state index contributed by atoms with van der Waals surface area (Å²) in [5.41, 5.74) is 0. The van der Waals surface area contributed by atoms with E-state index in [1.807, 2.05) is 6.08 Å². The normalized spacial score (nSPS) is 9.45.